The predicted octanol–water partition coefficient (Wildman–Crippen LogP) is 3.28. The summed E-state index contributed by atoms with van der Waals surface area (Å²) in [6, 6.07) is 7.28. The quantitative estimate of drug-likeness (QED) is 0.822. The second-order valence-electron chi connectivity index (χ2n) is 4.09. The van der Waals surface area contributed by atoms with Gasteiger partial charge in [-0.3, -0.25) is 0 Å². The second-order valence-corrected chi connectivity index (χ2v) is 5.20. The van der Waals surface area contributed by atoms with Crippen molar-refractivity contribution in [2.45, 2.75) is 32.1 Å². The van der Waals surface area contributed by atoms with Gasteiger partial charge < -0.3 is 5.32 Å². The molecule has 0 saturated carbocycles. The Morgan fingerprint density at radius 3 is 3.13 bits per heavy atom. The summed E-state index contributed by atoms with van der Waals surface area (Å²) in [6.07, 6.45) is 1.26. The third-order valence-electron chi connectivity index (χ3n) is 3.07. The van der Waals surface area contributed by atoms with E-state index in [2.05, 4.69) is 49.1 Å². The number of hydrogen-bond donors (Lipinski definition) is 1. The molecule has 1 aliphatic rings. The van der Waals surface area contributed by atoms with Crippen molar-refractivity contribution in [2.75, 3.05) is 12.3 Å². The van der Waals surface area contributed by atoms with Crippen LogP contribution in [0.15, 0.2) is 18.2 Å². The van der Waals surface area contributed by atoms with Crippen LogP contribution in [0.4, 0.5) is 0 Å². The molecule has 0 saturated heterocycles. The maximum absolute atomic E-state index is 3.59. The van der Waals surface area contributed by atoms with Crippen LogP contribution >= 0.6 is 11.8 Å². The van der Waals surface area contributed by atoms with Crippen molar-refractivity contribution in [1.82, 2.24) is 5.32 Å². The third-order valence-corrected chi connectivity index (χ3v) is 4.09. The topological polar surface area (TPSA) is 12.0 Å². The molecule has 1 aromatic carbocycles. The fourth-order valence-corrected chi connectivity index (χ4v) is 3.38. The zero-order chi connectivity index (χ0) is 10.7. The number of rotatable bonds is 2. The summed E-state index contributed by atoms with van der Waals surface area (Å²) in [4.78, 5) is 0. The summed E-state index contributed by atoms with van der Waals surface area (Å²) in [7, 11) is 0. The van der Waals surface area contributed by atoms with E-state index in [-0.39, 0.29) is 0 Å². The number of benzene rings is 1. The highest BCUT2D eigenvalue weighted by molar-refractivity contribution is 7.98. The van der Waals surface area contributed by atoms with E-state index in [1.807, 2.05) is 0 Å². The van der Waals surface area contributed by atoms with Crippen molar-refractivity contribution in [3.63, 3.8) is 0 Å². The average Bonchev–Trinajstić information content (AvgIpc) is 2.43. The molecule has 1 heterocycles. The van der Waals surface area contributed by atoms with Crippen LogP contribution in [0.25, 0.3) is 0 Å². The lowest BCUT2D eigenvalue weighted by Crippen LogP contribution is -2.21. The van der Waals surface area contributed by atoms with Crippen molar-refractivity contribution < 1.29 is 0 Å². The summed E-state index contributed by atoms with van der Waals surface area (Å²) < 4.78 is 0. The zero-order valence-electron chi connectivity index (χ0n) is 9.55. The first-order valence-corrected chi connectivity index (χ1v) is 6.88. The van der Waals surface area contributed by atoms with Crippen LogP contribution in [0.1, 0.15) is 36.1 Å². The normalized spacial score (nSPS) is 20.8. The van der Waals surface area contributed by atoms with Crippen molar-refractivity contribution in [3.8, 4) is 0 Å². The number of fused-ring (bicyclic) bond motifs is 1. The fourth-order valence-electron chi connectivity index (χ4n) is 2.24. The first kappa shape index (κ1) is 11.0. The summed E-state index contributed by atoms with van der Waals surface area (Å²) in [5, 5.41) is 3.59. The van der Waals surface area contributed by atoms with Crippen LogP contribution in [-0.2, 0) is 5.75 Å². The van der Waals surface area contributed by atoms with Crippen LogP contribution in [0.3, 0.4) is 0 Å². The molecule has 1 aromatic rings. The Hall–Kier alpha value is -0.470. The highest BCUT2D eigenvalue weighted by Crippen LogP contribution is 2.32. The molecule has 0 bridgehead atoms. The smallest absolute Gasteiger partial charge is 0.0331 e. The molecule has 2 rings (SSSR count). The summed E-state index contributed by atoms with van der Waals surface area (Å²) >= 11 is 2.06. The SMILES string of the molecule is CCNC1CCSCc2c(C)cccc21. The first-order valence-electron chi connectivity index (χ1n) is 5.72. The molecule has 2 heteroatoms. The highest BCUT2D eigenvalue weighted by atomic mass is 32.2. The molecule has 0 aromatic heterocycles. The number of hydrogen-bond acceptors (Lipinski definition) is 2. The molecular formula is C13H19NS. The van der Waals surface area contributed by atoms with Crippen LogP contribution < -0.4 is 5.32 Å². The van der Waals surface area contributed by atoms with Gasteiger partial charge in [0.2, 0.25) is 0 Å². The van der Waals surface area contributed by atoms with Gasteiger partial charge in [-0.25, -0.2) is 0 Å². The molecule has 1 atom stereocenters. The Morgan fingerprint density at radius 1 is 1.47 bits per heavy atom. The van der Waals surface area contributed by atoms with E-state index in [4.69, 9.17) is 0 Å². The van der Waals surface area contributed by atoms with E-state index in [9.17, 15) is 0 Å². The Balaban J connectivity index is 2.36. The van der Waals surface area contributed by atoms with Crippen LogP contribution in [0.5, 0.6) is 0 Å². The largest absolute Gasteiger partial charge is 0.310 e. The minimum atomic E-state index is 0.569. The van der Waals surface area contributed by atoms with Gasteiger partial charge in [0.25, 0.3) is 0 Å². The van der Waals surface area contributed by atoms with Crippen molar-refractivity contribution in [2.24, 2.45) is 0 Å². The minimum absolute atomic E-state index is 0.569. The van der Waals surface area contributed by atoms with Crippen LogP contribution in [0.2, 0.25) is 0 Å². The molecule has 1 nitrogen and oxygen atoms in total. The van der Waals surface area contributed by atoms with Gasteiger partial charge in [-0.15, -0.1) is 0 Å². The van der Waals surface area contributed by atoms with Crippen molar-refractivity contribution in [3.05, 3.63) is 34.9 Å². The van der Waals surface area contributed by atoms with Crippen molar-refractivity contribution >= 4 is 11.8 Å². The average molecular weight is 221 g/mol. The molecule has 82 valence electrons. The number of aryl methyl sites for hydroxylation is 1. The highest BCUT2D eigenvalue weighted by Gasteiger charge is 2.18. The molecule has 0 amide bonds. The van der Waals surface area contributed by atoms with Gasteiger partial charge in [-0.1, -0.05) is 25.1 Å². The molecule has 0 spiro atoms. The lowest BCUT2D eigenvalue weighted by molar-refractivity contribution is 0.540. The van der Waals surface area contributed by atoms with E-state index >= 15 is 0 Å². The minimum Gasteiger partial charge on any atom is -0.310 e. The zero-order valence-corrected chi connectivity index (χ0v) is 10.4. The molecule has 1 aliphatic heterocycles. The van der Waals surface area contributed by atoms with Crippen LogP contribution in [0, 0.1) is 6.92 Å². The summed E-state index contributed by atoms with van der Waals surface area (Å²) in [5.41, 5.74) is 4.54. The second kappa shape index (κ2) is 5.04. The molecule has 0 aliphatic carbocycles. The van der Waals surface area contributed by atoms with Gasteiger partial charge in [-0.05, 0) is 42.3 Å². The van der Waals surface area contributed by atoms with E-state index in [1.54, 1.807) is 5.56 Å². The molecule has 15 heavy (non-hydrogen) atoms. The monoisotopic (exact) mass is 221 g/mol. The Labute approximate surface area is 96.7 Å². The van der Waals surface area contributed by atoms with Gasteiger partial charge in [0.1, 0.15) is 0 Å². The molecular weight excluding hydrogens is 202 g/mol. The van der Waals surface area contributed by atoms with Crippen molar-refractivity contribution in [1.29, 1.82) is 0 Å². The number of nitrogens with one attached hydrogen (secondary N) is 1. The Kier molecular flexibility index (Phi) is 3.71. The fraction of sp³-hybridized carbons (Fsp3) is 0.538. The molecule has 1 N–H and O–H groups in total. The van der Waals surface area contributed by atoms with Gasteiger partial charge in [-0.2, -0.15) is 11.8 Å². The van der Waals surface area contributed by atoms with Gasteiger partial charge >= 0.3 is 0 Å². The van der Waals surface area contributed by atoms with Gasteiger partial charge in [0, 0.05) is 11.8 Å². The predicted molar refractivity (Wildman–Crippen MR) is 68.4 cm³/mol. The first-order chi connectivity index (χ1) is 7.33. The molecule has 1 unspecified atom stereocenters. The lowest BCUT2D eigenvalue weighted by atomic mass is 9.96. The molecule has 0 fully saturated rings. The van der Waals surface area contributed by atoms with Gasteiger partial charge in [0.15, 0.2) is 0 Å². The van der Waals surface area contributed by atoms with E-state index in [0.29, 0.717) is 6.04 Å². The van der Waals surface area contributed by atoms with E-state index in [0.717, 1.165) is 6.54 Å². The third kappa shape index (κ3) is 2.37. The number of thioether (sulfide) groups is 1. The lowest BCUT2D eigenvalue weighted by Gasteiger charge is -2.19. The maximum atomic E-state index is 3.59. The summed E-state index contributed by atoms with van der Waals surface area (Å²) in [6.45, 7) is 5.48. The van der Waals surface area contributed by atoms with E-state index < -0.39 is 0 Å². The summed E-state index contributed by atoms with van der Waals surface area (Å²) in [5.74, 6) is 2.45. The standard InChI is InChI=1S/C13H19NS/c1-3-14-13-7-8-15-9-12-10(2)5-4-6-11(12)13/h4-6,13-14H,3,7-9H2,1-2H3. The maximum Gasteiger partial charge on any atom is 0.0331 e. The Morgan fingerprint density at radius 2 is 2.33 bits per heavy atom. The Bertz CT molecular complexity index is 335. The van der Waals surface area contributed by atoms with Crippen LogP contribution in [-0.4, -0.2) is 12.3 Å². The van der Waals surface area contributed by atoms with E-state index in [1.165, 1.54) is 29.1 Å². The molecule has 0 radical (unpaired) electrons. The van der Waals surface area contributed by atoms with Gasteiger partial charge in [0.05, 0.1) is 0 Å².